The molecular formula is C24H28ClFN6O4S. The average molecular weight is 551 g/mol. The summed E-state index contributed by atoms with van der Waals surface area (Å²) in [6, 6.07) is 5.60. The Balaban J connectivity index is 1.31. The van der Waals surface area contributed by atoms with Gasteiger partial charge in [-0.15, -0.1) is 0 Å². The van der Waals surface area contributed by atoms with Crippen LogP contribution in [0.5, 0.6) is 0 Å². The second-order valence-electron chi connectivity index (χ2n) is 10.2. The van der Waals surface area contributed by atoms with E-state index in [0.717, 1.165) is 19.1 Å². The summed E-state index contributed by atoms with van der Waals surface area (Å²) in [6.45, 7) is 0. The third kappa shape index (κ3) is 4.97. The Morgan fingerprint density at radius 1 is 1.22 bits per heavy atom. The number of hydrogen-bond donors (Lipinski definition) is 3. The summed E-state index contributed by atoms with van der Waals surface area (Å²) in [4.78, 5) is 17.7. The van der Waals surface area contributed by atoms with Gasteiger partial charge < -0.3 is 15.0 Å². The van der Waals surface area contributed by atoms with E-state index >= 15 is 0 Å². The van der Waals surface area contributed by atoms with Crippen LogP contribution in [-0.2, 0) is 29.7 Å². The lowest BCUT2D eigenvalue weighted by atomic mass is 9.90. The van der Waals surface area contributed by atoms with Crippen LogP contribution in [0.25, 0.3) is 0 Å². The number of aryl methyl sites for hydroxylation is 2. The van der Waals surface area contributed by atoms with Crippen LogP contribution in [0.15, 0.2) is 30.6 Å². The number of fused-ring (bicyclic) bond motifs is 1. The molecule has 5 rings (SSSR count). The lowest BCUT2D eigenvalue weighted by molar-refractivity contribution is 0.0263. The fraction of sp³-hybridized carbons (Fsp3) is 0.458. The summed E-state index contributed by atoms with van der Waals surface area (Å²) in [5.41, 5.74) is 0.972. The molecule has 1 amide bonds. The molecule has 2 aromatic heterocycles. The minimum atomic E-state index is -3.48. The van der Waals surface area contributed by atoms with Crippen LogP contribution in [0.1, 0.15) is 53.5 Å². The van der Waals surface area contributed by atoms with Crippen molar-refractivity contribution in [1.29, 1.82) is 0 Å². The maximum absolute atomic E-state index is 13.5. The summed E-state index contributed by atoms with van der Waals surface area (Å²) in [6.07, 6.45) is 5.20. The van der Waals surface area contributed by atoms with Gasteiger partial charge in [0.2, 0.25) is 10.0 Å². The monoisotopic (exact) mass is 550 g/mol. The maximum atomic E-state index is 13.5. The predicted molar refractivity (Wildman–Crippen MR) is 136 cm³/mol. The van der Waals surface area contributed by atoms with Gasteiger partial charge in [-0.1, -0.05) is 11.6 Å². The Morgan fingerprint density at radius 3 is 2.51 bits per heavy atom. The third-order valence-electron chi connectivity index (χ3n) is 7.43. The smallest absolute Gasteiger partial charge is 0.274 e. The number of anilines is 2. The summed E-state index contributed by atoms with van der Waals surface area (Å²) in [7, 11) is -0.0451. The number of amides is 1. The van der Waals surface area contributed by atoms with Crippen molar-refractivity contribution >= 4 is 39.0 Å². The number of halogens is 2. The van der Waals surface area contributed by atoms with Crippen LogP contribution in [0.2, 0.25) is 5.02 Å². The summed E-state index contributed by atoms with van der Waals surface area (Å²) in [5.74, 6) is -0.267. The number of imidazole rings is 1. The molecule has 3 N–H and O–H groups in total. The topological polar surface area (TPSA) is 131 Å². The van der Waals surface area contributed by atoms with E-state index in [1.165, 1.54) is 22.9 Å². The van der Waals surface area contributed by atoms with Crippen molar-refractivity contribution in [1.82, 2.24) is 19.3 Å². The van der Waals surface area contributed by atoms with E-state index in [9.17, 15) is 22.7 Å². The van der Waals surface area contributed by atoms with Crippen molar-refractivity contribution < 1.29 is 22.7 Å². The van der Waals surface area contributed by atoms with E-state index in [1.807, 2.05) is 0 Å². The van der Waals surface area contributed by atoms with E-state index in [-0.39, 0.29) is 34.5 Å². The van der Waals surface area contributed by atoms with Gasteiger partial charge in [-0.2, -0.15) is 5.10 Å². The first-order valence-corrected chi connectivity index (χ1v) is 14.1. The van der Waals surface area contributed by atoms with Crippen LogP contribution in [0, 0.1) is 17.7 Å². The predicted octanol–water partition coefficient (Wildman–Crippen LogP) is 3.36. The van der Waals surface area contributed by atoms with Crippen molar-refractivity contribution in [3.8, 4) is 0 Å². The molecule has 0 radical (unpaired) electrons. The highest BCUT2D eigenvalue weighted by Gasteiger charge is 2.51. The fourth-order valence-corrected chi connectivity index (χ4v) is 6.69. The van der Waals surface area contributed by atoms with E-state index in [2.05, 4.69) is 20.1 Å². The van der Waals surface area contributed by atoms with Gasteiger partial charge in [0.15, 0.2) is 5.82 Å². The molecule has 2 aliphatic carbocycles. The number of aliphatic hydroxyl groups is 1. The molecule has 3 aromatic rings. The zero-order valence-corrected chi connectivity index (χ0v) is 22.1. The van der Waals surface area contributed by atoms with Crippen LogP contribution >= 0.6 is 11.6 Å². The molecule has 2 atom stereocenters. The van der Waals surface area contributed by atoms with Crippen molar-refractivity contribution in [2.45, 2.75) is 37.2 Å². The molecule has 0 aliphatic heterocycles. The molecule has 10 nitrogen and oxygen atoms in total. The van der Waals surface area contributed by atoms with Crippen LogP contribution in [0.4, 0.5) is 15.9 Å². The Kier molecular flexibility index (Phi) is 6.32. The second kappa shape index (κ2) is 9.10. The zero-order chi connectivity index (χ0) is 26.7. The van der Waals surface area contributed by atoms with E-state index in [0.29, 0.717) is 35.6 Å². The lowest BCUT2D eigenvalue weighted by Gasteiger charge is -2.24. The quantitative estimate of drug-likeness (QED) is 0.431. The summed E-state index contributed by atoms with van der Waals surface area (Å²) in [5, 5.41) is 18.4. The number of hydrogen-bond acceptors (Lipinski definition) is 6. The van der Waals surface area contributed by atoms with Crippen molar-refractivity contribution in [2.24, 2.45) is 25.9 Å². The first kappa shape index (κ1) is 25.7. The van der Waals surface area contributed by atoms with Crippen molar-refractivity contribution in [2.75, 3.05) is 16.3 Å². The molecule has 13 heteroatoms. The number of nitrogens with one attached hydrogen (secondary N) is 2. The average Bonchev–Trinajstić information content (AvgIpc) is 3.51. The van der Waals surface area contributed by atoms with Gasteiger partial charge in [0.25, 0.3) is 5.91 Å². The third-order valence-corrected chi connectivity index (χ3v) is 8.30. The van der Waals surface area contributed by atoms with Crippen LogP contribution in [-0.4, -0.2) is 45.0 Å². The lowest BCUT2D eigenvalue weighted by Crippen LogP contribution is -2.26. The number of aromatic nitrogens is 4. The Labute approximate surface area is 218 Å². The molecule has 2 unspecified atom stereocenters. The maximum Gasteiger partial charge on any atom is 0.274 e. The Hall–Kier alpha value is -2.96. The van der Waals surface area contributed by atoms with Crippen molar-refractivity contribution in [3.63, 3.8) is 0 Å². The SMILES string of the molecule is Cn1cnc(C2CC3CC(O)(c4cc(NS(C)(=O)=O)nn4C)CC3C2)c1C(=O)Nc1ccc(F)c(Cl)c1. The van der Waals surface area contributed by atoms with Gasteiger partial charge in [-0.3, -0.25) is 14.2 Å². The Morgan fingerprint density at radius 2 is 1.89 bits per heavy atom. The standard InChI is InChI=1S/C24H28ClFN6O4S/c1-31-12-27-21(22(31)23(33)28-16-4-5-18(26)17(25)8-16)13-6-14-10-24(34,11-15(14)7-13)19-9-20(29-32(19)2)30-37(3,35)36/h4-5,8-9,12-15,34H,6-7,10-11H2,1-3H3,(H,28,33)(H,29,30). The van der Waals surface area contributed by atoms with Gasteiger partial charge in [0.05, 0.1) is 29.0 Å². The highest BCUT2D eigenvalue weighted by Crippen LogP contribution is 2.57. The summed E-state index contributed by atoms with van der Waals surface area (Å²) < 4.78 is 42.2. The first-order valence-electron chi connectivity index (χ1n) is 11.9. The Bertz CT molecular complexity index is 1470. The molecule has 0 spiro atoms. The van der Waals surface area contributed by atoms with Crippen molar-refractivity contribution in [3.05, 3.63) is 58.5 Å². The first-order chi connectivity index (χ1) is 17.3. The number of carbonyl (C=O) groups is 1. The number of carbonyl (C=O) groups excluding carboxylic acids is 1. The molecule has 2 saturated carbocycles. The minimum Gasteiger partial charge on any atom is -0.384 e. The van der Waals surface area contributed by atoms with Crippen LogP contribution in [0.3, 0.4) is 0 Å². The molecule has 37 heavy (non-hydrogen) atoms. The largest absolute Gasteiger partial charge is 0.384 e. The van der Waals surface area contributed by atoms with E-state index in [4.69, 9.17) is 11.6 Å². The molecule has 198 valence electrons. The van der Waals surface area contributed by atoms with Gasteiger partial charge in [-0.05, 0) is 55.7 Å². The minimum absolute atomic E-state index is 0.0484. The van der Waals surface area contributed by atoms with Gasteiger partial charge in [0, 0.05) is 31.8 Å². The summed E-state index contributed by atoms with van der Waals surface area (Å²) >= 11 is 5.85. The van der Waals surface area contributed by atoms with E-state index < -0.39 is 21.4 Å². The number of nitrogens with zero attached hydrogens (tertiary/aromatic N) is 4. The number of sulfonamides is 1. The fourth-order valence-electron chi connectivity index (χ4n) is 6.03. The van der Waals surface area contributed by atoms with Gasteiger partial charge >= 0.3 is 0 Å². The molecule has 0 bridgehead atoms. The molecule has 0 saturated heterocycles. The van der Waals surface area contributed by atoms with Gasteiger partial charge in [-0.25, -0.2) is 17.8 Å². The van der Waals surface area contributed by atoms with E-state index in [1.54, 1.807) is 31.1 Å². The van der Waals surface area contributed by atoms with Crippen LogP contribution < -0.4 is 10.0 Å². The number of benzene rings is 1. The number of rotatable bonds is 6. The highest BCUT2D eigenvalue weighted by atomic mass is 35.5. The molecular weight excluding hydrogens is 523 g/mol. The highest BCUT2D eigenvalue weighted by molar-refractivity contribution is 7.92. The zero-order valence-electron chi connectivity index (χ0n) is 20.6. The normalized spacial score (nSPS) is 25.3. The molecule has 2 fully saturated rings. The molecule has 1 aromatic carbocycles. The molecule has 2 heterocycles. The molecule has 2 aliphatic rings. The second-order valence-corrected chi connectivity index (χ2v) is 12.4. The van der Waals surface area contributed by atoms with Gasteiger partial charge in [0.1, 0.15) is 17.1 Å².